The van der Waals surface area contributed by atoms with Crippen molar-refractivity contribution in [1.82, 2.24) is 10.6 Å². The van der Waals surface area contributed by atoms with Crippen molar-refractivity contribution < 1.29 is 14.3 Å². The summed E-state index contributed by atoms with van der Waals surface area (Å²) in [7, 11) is 0. The molecule has 1 aliphatic carbocycles. The maximum Gasteiger partial charge on any atom is 0.315 e. The molecule has 3 atom stereocenters. The fourth-order valence-corrected chi connectivity index (χ4v) is 3.06. The van der Waals surface area contributed by atoms with E-state index in [1.165, 1.54) is 12.1 Å². The van der Waals surface area contributed by atoms with Gasteiger partial charge in [-0.2, -0.15) is 0 Å². The van der Waals surface area contributed by atoms with Crippen LogP contribution in [0.15, 0.2) is 18.2 Å². The minimum atomic E-state index is -0.368. The van der Waals surface area contributed by atoms with Crippen LogP contribution in [-0.2, 0) is 6.42 Å². The van der Waals surface area contributed by atoms with E-state index in [-0.39, 0.29) is 29.9 Å². The largest absolute Gasteiger partial charge is 0.393 e. The Balaban J connectivity index is 1.89. The number of benzene rings is 1. The highest BCUT2D eigenvalue weighted by molar-refractivity contribution is 5.74. The van der Waals surface area contributed by atoms with Gasteiger partial charge in [0.05, 0.1) is 12.1 Å². The fraction of sp³-hybridized carbons (Fsp3) is 0.588. The molecule has 1 aliphatic rings. The van der Waals surface area contributed by atoms with Crippen LogP contribution in [0.1, 0.15) is 50.3 Å². The minimum absolute atomic E-state index is 0.133. The third-order valence-corrected chi connectivity index (χ3v) is 4.08. The lowest BCUT2D eigenvalue weighted by atomic mass is 9.87. The Morgan fingerprint density at radius 3 is 2.95 bits per heavy atom. The summed E-state index contributed by atoms with van der Waals surface area (Å²) in [6.07, 6.45) is 3.03. The van der Waals surface area contributed by atoms with Crippen molar-refractivity contribution in [1.29, 1.82) is 0 Å². The molecule has 1 aromatic carbocycles. The Labute approximate surface area is 131 Å². The lowest BCUT2D eigenvalue weighted by Gasteiger charge is -2.27. The van der Waals surface area contributed by atoms with Crippen molar-refractivity contribution in [2.24, 2.45) is 5.92 Å². The molecule has 0 heterocycles. The van der Waals surface area contributed by atoms with Crippen LogP contribution in [0.25, 0.3) is 0 Å². The highest BCUT2D eigenvalue weighted by Gasteiger charge is 2.22. The third-order valence-electron chi connectivity index (χ3n) is 4.08. The molecular formula is C17H25FN2O2. The van der Waals surface area contributed by atoms with E-state index in [0.29, 0.717) is 13.0 Å². The number of nitrogens with one attached hydrogen (secondary N) is 2. The zero-order chi connectivity index (χ0) is 16.1. The Morgan fingerprint density at radius 2 is 2.23 bits per heavy atom. The van der Waals surface area contributed by atoms with E-state index in [0.717, 1.165) is 30.4 Å². The van der Waals surface area contributed by atoms with E-state index < -0.39 is 0 Å². The highest BCUT2D eigenvalue weighted by atomic mass is 19.1. The third kappa shape index (κ3) is 4.70. The van der Waals surface area contributed by atoms with Crippen LogP contribution in [0.4, 0.5) is 9.18 Å². The van der Waals surface area contributed by atoms with Gasteiger partial charge in [-0.3, -0.25) is 0 Å². The van der Waals surface area contributed by atoms with Gasteiger partial charge >= 0.3 is 6.03 Å². The summed E-state index contributed by atoms with van der Waals surface area (Å²) < 4.78 is 13.4. The Hall–Kier alpha value is -1.62. The highest BCUT2D eigenvalue weighted by Crippen LogP contribution is 2.30. The number of aliphatic hydroxyl groups is 1. The molecule has 4 nitrogen and oxygen atoms in total. The first-order valence-electron chi connectivity index (χ1n) is 7.96. The van der Waals surface area contributed by atoms with E-state index in [4.69, 9.17) is 0 Å². The average Bonchev–Trinajstić information content (AvgIpc) is 2.45. The molecule has 3 unspecified atom stereocenters. The number of fused-ring (bicyclic) bond motifs is 1. The predicted octanol–water partition coefficient (Wildman–Crippen LogP) is 2.91. The second-order valence-electron chi connectivity index (χ2n) is 6.33. The predicted molar refractivity (Wildman–Crippen MR) is 84.1 cm³/mol. The number of aliphatic hydroxyl groups excluding tert-OH is 1. The molecule has 0 saturated carbocycles. The maximum atomic E-state index is 13.4. The molecule has 5 heteroatoms. The molecule has 2 rings (SSSR count). The minimum Gasteiger partial charge on any atom is -0.393 e. The number of rotatable bonds is 5. The van der Waals surface area contributed by atoms with E-state index in [2.05, 4.69) is 10.6 Å². The van der Waals surface area contributed by atoms with Crippen molar-refractivity contribution >= 4 is 6.03 Å². The van der Waals surface area contributed by atoms with Crippen LogP contribution in [0.2, 0.25) is 0 Å². The summed E-state index contributed by atoms with van der Waals surface area (Å²) in [5.41, 5.74) is 2.00. The summed E-state index contributed by atoms with van der Waals surface area (Å²) in [5, 5.41) is 15.1. The molecule has 3 N–H and O–H groups in total. The van der Waals surface area contributed by atoms with E-state index in [1.807, 2.05) is 6.92 Å². The van der Waals surface area contributed by atoms with Crippen molar-refractivity contribution in [3.05, 3.63) is 35.1 Å². The van der Waals surface area contributed by atoms with Crippen LogP contribution in [0.5, 0.6) is 0 Å². The number of carbonyl (C=O) groups excluding carboxylic acids is 1. The topological polar surface area (TPSA) is 61.4 Å². The monoisotopic (exact) mass is 308 g/mol. The van der Waals surface area contributed by atoms with Crippen molar-refractivity contribution in [3.8, 4) is 0 Å². The number of aryl methyl sites for hydroxylation is 1. The summed E-state index contributed by atoms with van der Waals surface area (Å²) in [4.78, 5) is 12.0. The zero-order valence-corrected chi connectivity index (χ0v) is 13.2. The number of hydrogen-bond acceptors (Lipinski definition) is 2. The first-order valence-corrected chi connectivity index (χ1v) is 7.96. The lowest BCUT2D eigenvalue weighted by molar-refractivity contribution is 0.163. The van der Waals surface area contributed by atoms with Crippen molar-refractivity contribution in [3.63, 3.8) is 0 Å². The Bertz CT molecular complexity index is 519. The number of halogens is 1. The summed E-state index contributed by atoms with van der Waals surface area (Å²) in [6.45, 7) is 4.24. The average molecular weight is 308 g/mol. The molecule has 122 valence electrons. The lowest BCUT2D eigenvalue weighted by Crippen LogP contribution is -2.41. The second-order valence-corrected chi connectivity index (χ2v) is 6.33. The van der Waals surface area contributed by atoms with Crippen LogP contribution in [0, 0.1) is 11.7 Å². The fourth-order valence-electron chi connectivity index (χ4n) is 3.06. The van der Waals surface area contributed by atoms with Crippen molar-refractivity contribution in [2.75, 3.05) is 6.54 Å². The van der Waals surface area contributed by atoms with Crippen molar-refractivity contribution in [2.45, 2.75) is 51.7 Å². The van der Waals surface area contributed by atoms with Gasteiger partial charge in [0, 0.05) is 6.54 Å². The number of hydrogen-bond donors (Lipinski definition) is 3. The van der Waals surface area contributed by atoms with Gasteiger partial charge in [0.15, 0.2) is 0 Å². The molecule has 0 bridgehead atoms. The molecule has 0 aromatic heterocycles. The number of amides is 2. The number of carbonyl (C=O) groups is 1. The van der Waals surface area contributed by atoms with E-state index in [9.17, 15) is 14.3 Å². The first kappa shape index (κ1) is 16.7. The molecular weight excluding hydrogens is 283 g/mol. The summed E-state index contributed by atoms with van der Waals surface area (Å²) in [6, 6.07) is 4.43. The van der Waals surface area contributed by atoms with Crippen LogP contribution in [0.3, 0.4) is 0 Å². The van der Waals surface area contributed by atoms with Gasteiger partial charge in [0.2, 0.25) is 0 Å². The number of urea groups is 1. The molecule has 0 radical (unpaired) electrons. The molecule has 0 fully saturated rings. The molecule has 1 aromatic rings. The van der Waals surface area contributed by atoms with E-state index >= 15 is 0 Å². The van der Waals surface area contributed by atoms with Gasteiger partial charge in [-0.05, 0) is 61.8 Å². The molecule has 22 heavy (non-hydrogen) atoms. The standard InChI is InChI=1S/C17H25FN2O2/c1-11(8-12(2)21)10-19-17(22)20-16-5-3-4-13-6-7-14(18)9-15(13)16/h6-7,9,11-12,16,21H,3-5,8,10H2,1-2H3,(H2,19,20,22). The molecule has 0 saturated heterocycles. The Kier molecular flexibility index (Phi) is 5.77. The normalized spacial score (nSPS) is 19.9. The SMILES string of the molecule is CC(O)CC(C)CNC(=O)NC1CCCc2ccc(F)cc21. The summed E-state index contributed by atoms with van der Waals surface area (Å²) in [5.74, 6) is -0.0553. The van der Waals surface area contributed by atoms with Crippen LogP contribution in [-0.4, -0.2) is 23.8 Å². The summed E-state index contributed by atoms with van der Waals surface area (Å²) >= 11 is 0. The van der Waals surface area contributed by atoms with Gasteiger partial charge in [-0.25, -0.2) is 9.18 Å². The van der Waals surface area contributed by atoms with Gasteiger partial charge in [-0.1, -0.05) is 13.0 Å². The Morgan fingerprint density at radius 1 is 1.45 bits per heavy atom. The van der Waals surface area contributed by atoms with Gasteiger partial charge in [0.25, 0.3) is 0 Å². The van der Waals surface area contributed by atoms with Gasteiger partial charge in [-0.15, -0.1) is 0 Å². The van der Waals surface area contributed by atoms with Gasteiger partial charge in [0.1, 0.15) is 5.82 Å². The van der Waals surface area contributed by atoms with E-state index in [1.54, 1.807) is 13.0 Å². The first-order chi connectivity index (χ1) is 10.5. The zero-order valence-electron chi connectivity index (χ0n) is 13.2. The molecule has 2 amide bonds. The molecule has 0 spiro atoms. The smallest absolute Gasteiger partial charge is 0.315 e. The quantitative estimate of drug-likeness (QED) is 0.783. The van der Waals surface area contributed by atoms with Crippen LogP contribution >= 0.6 is 0 Å². The van der Waals surface area contributed by atoms with Gasteiger partial charge < -0.3 is 15.7 Å². The maximum absolute atomic E-state index is 13.4. The second kappa shape index (κ2) is 7.58. The molecule has 0 aliphatic heterocycles. The van der Waals surface area contributed by atoms with Crippen LogP contribution < -0.4 is 10.6 Å².